The first kappa shape index (κ1) is 12.9. The van der Waals surface area contributed by atoms with Gasteiger partial charge in [0.05, 0.1) is 6.61 Å². The zero-order valence-electron chi connectivity index (χ0n) is 9.96. The highest BCUT2D eigenvalue weighted by atomic mass is 16.5. The molecule has 0 spiro atoms. The van der Waals surface area contributed by atoms with Crippen molar-refractivity contribution in [1.29, 1.82) is 0 Å². The molecule has 0 N–H and O–H groups in total. The lowest BCUT2D eigenvalue weighted by molar-refractivity contribution is -0.152. The maximum atomic E-state index is 11.7. The van der Waals surface area contributed by atoms with Crippen LogP contribution in [0.3, 0.4) is 0 Å². The van der Waals surface area contributed by atoms with Crippen LogP contribution in [-0.4, -0.2) is 18.4 Å². The molecule has 0 aromatic carbocycles. The van der Waals surface area contributed by atoms with Crippen molar-refractivity contribution >= 4 is 11.8 Å². The van der Waals surface area contributed by atoms with Gasteiger partial charge in [-0.3, -0.25) is 4.79 Å². The average molecular weight is 224 g/mol. The Hall–Kier alpha value is -1.12. The fourth-order valence-electron chi connectivity index (χ4n) is 1.97. The smallest absolute Gasteiger partial charge is 0.379 e. The summed E-state index contributed by atoms with van der Waals surface area (Å²) >= 11 is 0. The van der Waals surface area contributed by atoms with E-state index in [4.69, 9.17) is 4.74 Å². The zero-order valence-corrected chi connectivity index (χ0v) is 9.96. The summed E-state index contributed by atoms with van der Waals surface area (Å²) in [5.74, 6) is -1.06. The molecular weight excluding hydrogens is 204 g/mol. The van der Waals surface area contributed by atoms with Gasteiger partial charge in [0, 0.05) is 5.57 Å². The minimum Gasteiger partial charge on any atom is -0.460 e. The van der Waals surface area contributed by atoms with Crippen LogP contribution >= 0.6 is 0 Å². The summed E-state index contributed by atoms with van der Waals surface area (Å²) in [7, 11) is 0. The second-order valence-electron chi connectivity index (χ2n) is 4.33. The molecule has 1 fully saturated rings. The van der Waals surface area contributed by atoms with Crippen LogP contribution in [0.1, 0.15) is 45.4 Å². The Morgan fingerprint density at radius 3 is 2.50 bits per heavy atom. The van der Waals surface area contributed by atoms with Crippen LogP contribution < -0.4 is 0 Å². The number of ether oxygens (including phenoxy) is 1. The monoisotopic (exact) mass is 224 g/mol. The number of carbonyl (C=O) groups excluding carboxylic acids is 2. The molecule has 90 valence electrons. The van der Waals surface area contributed by atoms with Crippen LogP contribution in [0.15, 0.2) is 12.2 Å². The summed E-state index contributed by atoms with van der Waals surface area (Å²) in [6, 6.07) is 0. The van der Waals surface area contributed by atoms with Gasteiger partial charge in [-0.1, -0.05) is 32.8 Å². The molecule has 1 aliphatic carbocycles. The van der Waals surface area contributed by atoms with Crippen molar-refractivity contribution in [2.24, 2.45) is 5.92 Å². The van der Waals surface area contributed by atoms with Gasteiger partial charge in [0.25, 0.3) is 5.78 Å². The third kappa shape index (κ3) is 3.47. The number of carbonyl (C=O) groups is 2. The lowest BCUT2D eigenvalue weighted by atomic mass is 9.95. The molecule has 0 heterocycles. The van der Waals surface area contributed by atoms with E-state index in [-0.39, 0.29) is 5.92 Å². The van der Waals surface area contributed by atoms with E-state index in [1.165, 1.54) is 0 Å². The van der Waals surface area contributed by atoms with Crippen LogP contribution in [0.25, 0.3) is 0 Å². The van der Waals surface area contributed by atoms with E-state index >= 15 is 0 Å². The van der Waals surface area contributed by atoms with Gasteiger partial charge in [-0.05, 0) is 25.2 Å². The predicted molar refractivity (Wildman–Crippen MR) is 62.0 cm³/mol. The van der Waals surface area contributed by atoms with Gasteiger partial charge in [-0.25, -0.2) is 4.79 Å². The van der Waals surface area contributed by atoms with E-state index in [0.29, 0.717) is 12.2 Å². The summed E-state index contributed by atoms with van der Waals surface area (Å²) in [5, 5.41) is 0. The highest BCUT2D eigenvalue weighted by Crippen LogP contribution is 2.30. The number of ketones is 1. The first-order valence-corrected chi connectivity index (χ1v) is 6.07. The lowest BCUT2D eigenvalue weighted by Gasteiger charge is -2.10. The largest absolute Gasteiger partial charge is 0.460 e. The molecule has 0 atom stereocenters. The van der Waals surface area contributed by atoms with Crippen molar-refractivity contribution in [3.63, 3.8) is 0 Å². The van der Waals surface area contributed by atoms with Gasteiger partial charge in [0.1, 0.15) is 0 Å². The molecule has 0 saturated heterocycles. The summed E-state index contributed by atoms with van der Waals surface area (Å²) in [4.78, 5) is 23.0. The Morgan fingerprint density at radius 1 is 1.31 bits per heavy atom. The van der Waals surface area contributed by atoms with Crippen molar-refractivity contribution in [2.45, 2.75) is 45.4 Å². The normalized spacial score (nSPS) is 16.1. The average Bonchev–Trinajstić information content (AvgIpc) is 2.80. The molecule has 0 radical (unpaired) electrons. The van der Waals surface area contributed by atoms with Crippen molar-refractivity contribution < 1.29 is 14.3 Å². The number of Topliss-reactive ketones (excluding diaryl/α,β-unsaturated/α-hetero) is 1. The fourth-order valence-corrected chi connectivity index (χ4v) is 1.97. The summed E-state index contributed by atoms with van der Waals surface area (Å²) in [6.07, 6.45) is 5.96. The molecule has 0 amide bonds. The topological polar surface area (TPSA) is 43.4 Å². The molecule has 0 aromatic rings. The summed E-state index contributed by atoms with van der Waals surface area (Å²) < 4.78 is 4.88. The second kappa shape index (κ2) is 6.46. The molecule has 3 nitrogen and oxygen atoms in total. The van der Waals surface area contributed by atoms with Gasteiger partial charge in [0.2, 0.25) is 0 Å². The van der Waals surface area contributed by atoms with E-state index < -0.39 is 11.8 Å². The molecule has 0 aromatic heterocycles. The van der Waals surface area contributed by atoms with E-state index in [0.717, 1.165) is 38.5 Å². The van der Waals surface area contributed by atoms with Gasteiger partial charge < -0.3 is 4.74 Å². The van der Waals surface area contributed by atoms with E-state index in [2.05, 4.69) is 6.58 Å². The van der Waals surface area contributed by atoms with Gasteiger partial charge in [-0.2, -0.15) is 0 Å². The number of hydrogen-bond acceptors (Lipinski definition) is 3. The fraction of sp³-hybridized carbons (Fsp3) is 0.692. The van der Waals surface area contributed by atoms with E-state index in [1.54, 1.807) is 0 Å². The number of hydrogen-bond donors (Lipinski definition) is 0. The van der Waals surface area contributed by atoms with Crippen LogP contribution in [0.4, 0.5) is 0 Å². The first-order valence-electron chi connectivity index (χ1n) is 6.07. The minimum atomic E-state index is -0.731. The van der Waals surface area contributed by atoms with Crippen molar-refractivity contribution in [3.05, 3.63) is 12.2 Å². The standard InChI is InChI=1S/C13H20O3/c1-3-4-9-16-13(15)12(14)10(2)11-7-5-6-8-11/h11H,2-9H2,1H3. The van der Waals surface area contributed by atoms with E-state index in [1.807, 2.05) is 6.92 Å². The number of unbranched alkanes of at least 4 members (excludes halogenated alkanes) is 1. The van der Waals surface area contributed by atoms with E-state index in [9.17, 15) is 9.59 Å². The van der Waals surface area contributed by atoms with Gasteiger partial charge >= 0.3 is 5.97 Å². The first-order chi connectivity index (χ1) is 7.66. The third-order valence-electron chi connectivity index (χ3n) is 3.06. The van der Waals surface area contributed by atoms with Gasteiger partial charge in [0.15, 0.2) is 0 Å². The summed E-state index contributed by atoms with van der Waals surface area (Å²) in [5.41, 5.74) is 0.444. The Balaban J connectivity index is 2.37. The molecule has 0 unspecified atom stereocenters. The maximum Gasteiger partial charge on any atom is 0.379 e. The molecule has 1 rings (SSSR count). The Morgan fingerprint density at radius 2 is 1.94 bits per heavy atom. The van der Waals surface area contributed by atoms with Gasteiger partial charge in [-0.15, -0.1) is 0 Å². The van der Waals surface area contributed by atoms with Crippen molar-refractivity contribution in [3.8, 4) is 0 Å². The maximum absolute atomic E-state index is 11.7. The van der Waals surface area contributed by atoms with Crippen LogP contribution in [0.5, 0.6) is 0 Å². The van der Waals surface area contributed by atoms with Crippen LogP contribution in [0, 0.1) is 5.92 Å². The summed E-state index contributed by atoms with van der Waals surface area (Å²) in [6.45, 7) is 6.07. The predicted octanol–water partition coefficient (Wildman–Crippen LogP) is 2.65. The Bertz CT molecular complexity index is 275. The second-order valence-corrected chi connectivity index (χ2v) is 4.33. The molecule has 16 heavy (non-hydrogen) atoms. The SMILES string of the molecule is C=C(C(=O)C(=O)OCCCC)C1CCCC1. The minimum absolute atomic E-state index is 0.200. The van der Waals surface area contributed by atoms with Crippen LogP contribution in [-0.2, 0) is 14.3 Å². The molecule has 0 bridgehead atoms. The number of esters is 1. The zero-order chi connectivity index (χ0) is 12.0. The number of rotatable bonds is 6. The van der Waals surface area contributed by atoms with Crippen molar-refractivity contribution in [1.82, 2.24) is 0 Å². The lowest BCUT2D eigenvalue weighted by Crippen LogP contribution is -2.22. The molecule has 1 aliphatic rings. The molecule has 3 heteroatoms. The Labute approximate surface area is 96.9 Å². The highest BCUT2D eigenvalue weighted by molar-refractivity contribution is 6.40. The molecular formula is C13H20O3. The molecule has 1 saturated carbocycles. The molecule has 0 aliphatic heterocycles. The van der Waals surface area contributed by atoms with Crippen molar-refractivity contribution in [2.75, 3.05) is 6.61 Å². The third-order valence-corrected chi connectivity index (χ3v) is 3.06. The Kier molecular flexibility index (Phi) is 5.23. The quantitative estimate of drug-likeness (QED) is 0.301. The highest BCUT2D eigenvalue weighted by Gasteiger charge is 2.27. The van der Waals surface area contributed by atoms with Crippen LogP contribution in [0.2, 0.25) is 0 Å².